The summed E-state index contributed by atoms with van der Waals surface area (Å²) in [7, 11) is 3.04. The molecule has 0 aliphatic heterocycles. The molecule has 2 aromatic rings. The van der Waals surface area contributed by atoms with Crippen LogP contribution in [0.5, 0.6) is 5.75 Å². The largest absolute Gasteiger partial charge is 0.497 e. The molecule has 0 amide bonds. The highest BCUT2D eigenvalue weighted by atomic mass is 16.5. The van der Waals surface area contributed by atoms with Crippen molar-refractivity contribution in [3.8, 4) is 16.9 Å². The minimum absolute atomic E-state index is 0.323. The van der Waals surface area contributed by atoms with E-state index in [1.54, 1.807) is 13.2 Å². The lowest BCUT2D eigenvalue weighted by Crippen LogP contribution is -1.96. The maximum atomic E-state index is 11.4. The Balaban J connectivity index is 2.25. The lowest BCUT2D eigenvalue weighted by molar-refractivity contribution is -0.134. The van der Waals surface area contributed by atoms with Crippen molar-refractivity contribution in [3.05, 3.63) is 60.2 Å². The van der Waals surface area contributed by atoms with Crippen molar-refractivity contribution < 1.29 is 14.3 Å². The van der Waals surface area contributed by atoms with Crippen LogP contribution >= 0.6 is 0 Å². The summed E-state index contributed by atoms with van der Waals surface area (Å²) in [6, 6.07) is 16.1. The van der Waals surface area contributed by atoms with Gasteiger partial charge in [0.2, 0.25) is 0 Å². The zero-order valence-electron chi connectivity index (χ0n) is 13.1. The number of benzene rings is 2. The van der Waals surface area contributed by atoms with Gasteiger partial charge in [0.25, 0.3) is 0 Å². The molecule has 0 atom stereocenters. The fourth-order valence-electron chi connectivity index (χ4n) is 2.25. The van der Waals surface area contributed by atoms with Crippen LogP contribution in [0.25, 0.3) is 16.7 Å². The van der Waals surface area contributed by atoms with Crippen molar-refractivity contribution >= 4 is 11.5 Å². The number of ether oxygens (including phenoxy) is 2. The number of methoxy groups -OCH3 is 2. The quantitative estimate of drug-likeness (QED) is 0.608. The standard InChI is InChI=1S/C19H20O3/c1-4-14(13-19(20)22-3)15-5-7-16(8-6-15)17-9-11-18(21-2)12-10-17/h5-13H,4H2,1-3H3/b14-13+. The number of rotatable bonds is 5. The second-order valence-electron chi connectivity index (χ2n) is 4.85. The molecule has 2 rings (SSSR count). The molecule has 2 aromatic carbocycles. The Morgan fingerprint density at radius 2 is 1.50 bits per heavy atom. The summed E-state index contributed by atoms with van der Waals surface area (Å²) in [6.45, 7) is 2.02. The second kappa shape index (κ2) is 7.46. The van der Waals surface area contributed by atoms with Crippen LogP contribution < -0.4 is 4.74 Å². The molecule has 0 aliphatic rings. The maximum absolute atomic E-state index is 11.4. The smallest absolute Gasteiger partial charge is 0.330 e. The van der Waals surface area contributed by atoms with Crippen LogP contribution in [0.15, 0.2) is 54.6 Å². The van der Waals surface area contributed by atoms with Gasteiger partial charge in [-0.05, 0) is 40.8 Å². The molecule has 3 nitrogen and oxygen atoms in total. The fourth-order valence-corrected chi connectivity index (χ4v) is 2.25. The first kappa shape index (κ1) is 15.8. The topological polar surface area (TPSA) is 35.5 Å². The molecule has 3 heteroatoms. The first-order valence-corrected chi connectivity index (χ1v) is 7.21. The SMILES string of the molecule is CC/C(=C\C(=O)OC)c1ccc(-c2ccc(OC)cc2)cc1. The van der Waals surface area contributed by atoms with E-state index in [2.05, 4.69) is 12.1 Å². The fraction of sp³-hybridized carbons (Fsp3) is 0.211. The van der Waals surface area contributed by atoms with E-state index in [9.17, 15) is 4.79 Å². The highest BCUT2D eigenvalue weighted by Crippen LogP contribution is 2.25. The first-order chi connectivity index (χ1) is 10.7. The number of esters is 1. The molecule has 0 aromatic heterocycles. The summed E-state index contributed by atoms with van der Waals surface area (Å²) in [5, 5.41) is 0. The molecule has 0 spiro atoms. The zero-order chi connectivity index (χ0) is 15.9. The van der Waals surface area contributed by atoms with Gasteiger partial charge < -0.3 is 9.47 Å². The van der Waals surface area contributed by atoms with Gasteiger partial charge in [0.15, 0.2) is 0 Å². The van der Waals surface area contributed by atoms with Gasteiger partial charge in [-0.25, -0.2) is 4.79 Å². The van der Waals surface area contributed by atoms with Gasteiger partial charge in [-0.2, -0.15) is 0 Å². The van der Waals surface area contributed by atoms with E-state index in [0.29, 0.717) is 0 Å². The van der Waals surface area contributed by atoms with E-state index in [0.717, 1.165) is 34.4 Å². The van der Waals surface area contributed by atoms with Crippen molar-refractivity contribution in [1.29, 1.82) is 0 Å². The summed E-state index contributed by atoms with van der Waals surface area (Å²) in [5.41, 5.74) is 4.25. The Morgan fingerprint density at radius 1 is 0.955 bits per heavy atom. The van der Waals surface area contributed by atoms with Crippen LogP contribution in [0.4, 0.5) is 0 Å². The number of carbonyl (C=O) groups is 1. The number of carbonyl (C=O) groups excluding carboxylic acids is 1. The summed E-state index contributed by atoms with van der Waals surface area (Å²) >= 11 is 0. The van der Waals surface area contributed by atoms with E-state index in [1.165, 1.54) is 7.11 Å². The molecule has 0 aliphatic carbocycles. The van der Waals surface area contributed by atoms with Gasteiger partial charge in [-0.15, -0.1) is 0 Å². The Bertz CT molecular complexity index is 652. The molecule has 114 valence electrons. The third-order valence-electron chi connectivity index (χ3n) is 3.55. The van der Waals surface area contributed by atoms with Crippen LogP contribution in [0.3, 0.4) is 0 Å². The number of hydrogen-bond donors (Lipinski definition) is 0. The molecule has 0 saturated heterocycles. The van der Waals surface area contributed by atoms with Crippen LogP contribution in [-0.4, -0.2) is 20.2 Å². The predicted molar refractivity (Wildman–Crippen MR) is 88.7 cm³/mol. The lowest BCUT2D eigenvalue weighted by Gasteiger charge is -2.08. The van der Waals surface area contributed by atoms with Crippen molar-refractivity contribution in [2.45, 2.75) is 13.3 Å². The van der Waals surface area contributed by atoms with Gasteiger partial charge in [-0.3, -0.25) is 0 Å². The molecule has 0 fully saturated rings. The Hall–Kier alpha value is -2.55. The monoisotopic (exact) mass is 296 g/mol. The minimum atomic E-state index is -0.323. The van der Waals surface area contributed by atoms with Gasteiger partial charge in [0.05, 0.1) is 14.2 Å². The van der Waals surface area contributed by atoms with Gasteiger partial charge in [0.1, 0.15) is 5.75 Å². The van der Waals surface area contributed by atoms with E-state index >= 15 is 0 Å². The maximum Gasteiger partial charge on any atom is 0.330 e. The van der Waals surface area contributed by atoms with Crippen molar-refractivity contribution in [2.24, 2.45) is 0 Å². The Labute approximate surface area is 131 Å². The molecular weight excluding hydrogens is 276 g/mol. The summed E-state index contributed by atoms with van der Waals surface area (Å²) < 4.78 is 9.86. The normalized spacial score (nSPS) is 11.1. The van der Waals surface area contributed by atoms with Gasteiger partial charge >= 0.3 is 5.97 Å². The molecule has 0 bridgehead atoms. The summed E-state index contributed by atoms with van der Waals surface area (Å²) in [5.74, 6) is 0.519. The van der Waals surface area contributed by atoms with Crippen molar-refractivity contribution in [1.82, 2.24) is 0 Å². The predicted octanol–water partition coefficient (Wildman–Crippen LogP) is 4.33. The average molecular weight is 296 g/mol. The molecule has 0 radical (unpaired) electrons. The van der Waals surface area contributed by atoms with E-state index in [1.807, 2.05) is 43.3 Å². The summed E-state index contributed by atoms with van der Waals surface area (Å²) in [4.78, 5) is 11.4. The third kappa shape index (κ3) is 3.76. The second-order valence-corrected chi connectivity index (χ2v) is 4.85. The highest BCUT2D eigenvalue weighted by Gasteiger charge is 2.04. The lowest BCUT2D eigenvalue weighted by atomic mass is 9.99. The van der Waals surface area contributed by atoms with E-state index in [4.69, 9.17) is 9.47 Å². The van der Waals surface area contributed by atoms with Crippen LogP contribution in [0.2, 0.25) is 0 Å². The highest BCUT2D eigenvalue weighted by molar-refractivity contribution is 5.91. The first-order valence-electron chi connectivity index (χ1n) is 7.21. The van der Waals surface area contributed by atoms with Crippen LogP contribution in [0, 0.1) is 0 Å². The number of allylic oxidation sites excluding steroid dienone is 1. The van der Waals surface area contributed by atoms with Crippen molar-refractivity contribution in [2.75, 3.05) is 14.2 Å². The molecule has 0 N–H and O–H groups in total. The van der Waals surface area contributed by atoms with Crippen molar-refractivity contribution in [3.63, 3.8) is 0 Å². The van der Waals surface area contributed by atoms with Crippen LogP contribution in [0.1, 0.15) is 18.9 Å². The van der Waals surface area contributed by atoms with Crippen LogP contribution in [-0.2, 0) is 9.53 Å². The van der Waals surface area contributed by atoms with Gasteiger partial charge in [0, 0.05) is 6.08 Å². The summed E-state index contributed by atoms with van der Waals surface area (Å²) in [6.07, 6.45) is 2.32. The molecule has 22 heavy (non-hydrogen) atoms. The Morgan fingerprint density at radius 3 is 1.95 bits per heavy atom. The number of hydrogen-bond acceptors (Lipinski definition) is 3. The molecule has 0 unspecified atom stereocenters. The average Bonchev–Trinajstić information content (AvgIpc) is 2.59. The minimum Gasteiger partial charge on any atom is -0.497 e. The molecular formula is C19H20O3. The van der Waals surface area contributed by atoms with E-state index in [-0.39, 0.29) is 5.97 Å². The Kier molecular flexibility index (Phi) is 5.37. The van der Waals surface area contributed by atoms with Gasteiger partial charge in [-0.1, -0.05) is 43.3 Å². The molecule has 0 heterocycles. The molecule has 0 saturated carbocycles. The van der Waals surface area contributed by atoms with E-state index < -0.39 is 0 Å². The zero-order valence-corrected chi connectivity index (χ0v) is 13.1. The third-order valence-corrected chi connectivity index (χ3v) is 3.55.